The number of nitrogens with zero attached hydrogens (tertiary/aromatic N) is 2. The van der Waals surface area contributed by atoms with Crippen molar-refractivity contribution in [2.45, 2.75) is 32.8 Å². The normalized spacial score (nSPS) is 15.8. The second-order valence-electron chi connectivity index (χ2n) is 4.40. The Bertz CT molecular complexity index is 378. The lowest BCUT2D eigenvalue weighted by atomic mass is 10.1. The molecule has 5 nitrogen and oxygen atoms in total. The first kappa shape index (κ1) is 12.1. The summed E-state index contributed by atoms with van der Waals surface area (Å²) in [4.78, 5) is 8.50. The molecule has 0 aromatic carbocycles. The number of aromatic nitrogens is 2. The molecule has 1 aromatic heterocycles. The average molecular weight is 237 g/mol. The van der Waals surface area contributed by atoms with Crippen molar-refractivity contribution in [2.24, 2.45) is 0 Å². The van der Waals surface area contributed by atoms with Gasteiger partial charge in [-0.15, -0.1) is 0 Å². The van der Waals surface area contributed by atoms with E-state index < -0.39 is 0 Å². The highest BCUT2D eigenvalue weighted by atomic mass is 16.6. The van der Waals surface area contributed by atoms with Crippen LogP contribution in [0, 0.1) is 0 Å². The van der Waals surface area contributed by atoms with E-state index in [1.807, 2.05) is 6.92 Å². The largest absolute Gasteiger partial charge is 0.469 e. The van der Waals surface area contributed by atoms with Gasteiger partial charge in [0.1, 0.15) is 18.2 Å². The van der Waals surface area contributed by atoms with E-state index in [2.05, 4.69) is 29.1 Å². The van der Waals surface area contributed by atoms with E-state index in [4.69, 9.17) is 9.47 Å². The Morgan fingerprint density at radius 2 is 2.24 bits per heavy atom. The minimum Gasteiger partial charge on any atom is -0.469 e. The molecule has 0 unspecified atom stereocenters. The molecule has 1 fully saturated rings. The van der Waals surface area contributed by atoms with Crippen LogP contribution >= 0.6 is 0 Å². The zero-order valence-corrected chi connectivity index (χ0v) is 10.6. The molecule has 0 radical (unpaired) electrons. The van der Waals surface area contributed by atoms with E-state index in [1.165, 1.54) is 0 Å². The number of anilines is 1. The summed E-state index contributed by atoms with van der Waals surface area (Å²) < 4.78 is 10.9. The van der Waals surface area contributed by atoms with Crippen LogP contribution in [0.25, 0.3) is 0 Å². The maximum atomic E-state index is 5.81. The van der Waals surface area contributed by atoms with Crippen LogP contribution < -0.4 is 10.1 Å². The summed E-state index contributed by atoms with van der Waals surface area (Å²) >= 11 is 0. The predicted octanol–water partition coefficient (Wildman–Crippen LogP) is 1.81. The third-order valence-electron chi connectivity index (χ3n) is 2.65. The van der Waals surface area contributed by atoms with Gasteiger partial charge in [0.25, 0.3) is 0 Å². The number of nitrogens with one attached hydrogen (secondary N) is 1. The van der Waals surface area contributed by atoms with Gasteiger partial charge < -0.3 is 14.8 Å². The van der Waals surface area contributed by atoms with Crippen LogP contribution in [-0.2, 0) is 4.74 Å². The Morgan fingerprint density at radius 3 is 2.76 bits per heavy atom. The van der Waals surface area contributed by atoms with Crippen LogP contribution in [0.5, 0.6) is 5.88 Å². The molecule has 17 heavy (non-hydrogen) atoms. The first-order valence-electron chi connectivity index (χ1n) is 6.05. The Balaban J connectivity index is 2.25. The Hall–Kier alpha value is -1.36. The fraction of sp³-hybridized carbons (Fsp3) is 0.667. The minimum absolute atomic E-state index is 0.136. The van der Waals surface area contributed by atoms with Crippen molar-refractivity contribution in [3.63, 3.8) is 0 Å². The second-order valence-corrected chi connectivity index (χ2v) is 4.40. The average Bonchev–Trinajstić information content (AvgIpc) is 2.23. The molecule has 1 aliphatic heterocycles. The molecule has 1 aromatic rings. The number of rotatable bonds is 5. The summed E-state index contributed by atoms with van der Waals surface area (Å²) in [7, 11) is 0. The van der Waals surface area contributed by atoms with Gasteiger partial charge in [0.2, 0.25) is 5.88 Å². The van der Waals surface area contributed by atoms with E-state index in [1.54, 1.807) is 6.33 Å². The standard InChI is InChI=1S/C12H19N3O2/c1-4-13-11-10(8(2)3)12(15-7-14-11)17-9-5-16-6-9/h7-9H,4-6H2,1-3H3,(H,13,14,15). The SMILES string of the molecule is CCNc1ncnc(OC2COC2)c1C(C)C. The highest BCUT2D eigenvalue weighted by molar-refractivity contribution is 5.50. The van der Waals surface area contributed by atoms with Crippen molar-refractivity contribution in [3.05, 3.63) is 11.9 Å². The summed E-state index contributed by atoms with van der Waals surface area (Å²) in [6.45, 7) is 8.42. The van der Waals surface area contributed by atoms with E-state index in [0.29, 0.717) is 25.0 Å². The van der Waals surface area contributed by atoms with E-state index >= 15 is 0 Å². The fourth-order valence-corrected chi connectivity index (χ4v) is 1.74. The minimum atomic E-state index is 0.136. The van der Waals surface area contributed by atoms with Gasteiger partial charge in [-0.2, -0.15) is 0 Å². The monoisotopic (exact) mass is 237 g/mol. The first-order chi connectivity index (χ1) is 8.22. The van der Waals surface area contributed by atoms with Gasteiger partial charge in [0.15, 0.2) is 0 Å². The molecular formula is C12H19N3O2. The Labute approximate surface area is 102 Å². The van der Waals surface area contributed by atoms with E-state index in [-0.39, 0.29) is 6.10 Å². The fourth-order valence-electron chi connectivity index (χ4n) is 1.74. The van der Waals surface area contributed by atoms with Crippen molar-refractivity contribution in [1.29, 1.82) is 0 Å². The molecule has 0 spiro atoms. The van der Waals surface area contributed by atoms with E-state index in [0.717, 1.165) is 17.9 Å². The van der Waals surface area contributed by atoms with Gasteiger partial charge >= 0.3 is 0 Å². The summed E-state index contributed by atoms with van der Waals surface area (Å²) in [5.74, 6) is 1.87. The number of hydrogen-bond acceptors (Lipinski definition) is 5. The van der Waals surface area contributed by atoms with E-state index in [9.17, 15) is 0 Å². The van der Waals surface area contributed by atoms with Crippen molar-refractivity contribution in [2.75, 3.05) is 25.1 Å². The summed E-state index contributed by atoms with van der Waals surface area (Å²) in [6.07, 6.45) is 1.68. The molecule has 0 amide bonds. The lowest BCUT2D eigenvalue weighted by molar-refractivity contribution is -0.0817. The molecule has 1 saturated heterocycles. The maximum Gasteiger partial charge on any atom is 0.222 e. The zero-order chi connectivity index (χ0) is 12.3. The molecule has 5 heteroatoms. The molecule has 2 rings (SSSR count). The number of hydrogen-bond donors (Lipinski definition) is 1. The molecule has 0 bridgehead atoms. The van der Waals surface area contributed by atoms with Crippen molar-refractivity contribution < 1.29 is 9.47 Å². The molecule has 0 atom stereocenters. The molecule has 0 saturated carbocycles. The van der Waals surface area contributed by atoms with Gasteiger partial charge in [0, 0.05) is 6.54 Å². The lowest BCUT2D eigenvalue weighted by Gasteiger charge is -2.27. The molecule has 0 aliphatic carbocycles. The molecule has 2 heterocycles. The van der Waals surface area contributed by atoms with Crippen LogP contribution in [0.2, 0.25) is 0 Å². The summed E-state index contributed by atoms with van der Waals surface area (Å²) in [5, 5.41) is 3.24. The highest BCUT2D eigenvalue weighted by Gasteiger charge is 2.24. The van der Waals surface area contributed by atoms with Crippen LogP contribution in [0.15, 0.2) is 6.33 Å². The first-order valence-corrected chi connectivity index (χ1v) is 6.05. The predicted molar refractivity (Wildman–Crippen MR) is 65.5 cm³/mol. The molecule has 1 aliphatic rings. The van der Waals surface area contributed by atoms with Crippen molar-refractivity contribution >= 4 is 5.82 Å². The van der Waals surface area contributed by atoms with Crippen LogP contribution in [0.1, 0.15) is 32.3 Å². The van der Waals surface area contributed by atoms with Crippen LogP contribution in [-0.4, -0.2) is 35.8 Å². The topological polar surface area (TPSA) is 56.3 Å². The van der Waals surface area contributed by atoms with Gasteiger partial charge in [0.05, 0.1) is 18.8 Å². The summed E-state index contributed by atoms with van der Waals surface area (Å²) in [6, 6.07) is 0. The van der Waals surface area contributed by atoms with Crippen LogP contribution in [0.3, 0.4) is 0 Å². The third-order valence-corrected chi connectivity index (χ3v) is 2.65. The number of ether oxygens (including phenoxy) is 2. The second kappa shape index (κ2) is 5.31. The quantitative estimate of drug-likeness (QED) is 0.846. The Morgan fingerprint density at radius 1 is 1.47 bits per heavy atom. The third kappa shape index (κ3) is 2.66. The maximum absolute atomic E-state index is 5.81. The molecular weight excluding hydrogens is 218 g/mol. The van der Waals surface area contributed by atoms with Gasteiger partial charge in [-0.05, 0) is 12.8 Å². The van der Waals surface area contributed by atoms with Gasteiger partial charge in [-0.25, -0.2) is 9.97 Å². The van der Waals surface area contributed by atoms with Crippen molar-refractivity contribution in [1.82, 2.24) is 9.97 Å². The lowest BCUT2D eigenvalue weighted by Crippen LogP contribution is -2.39. The molecule has 1 N–H and O–H groups in total. The van der Waals surface area contributed by atoms with Crippen molar-refractivity contribution in [3.8, 4) is 5.88 Å². The molecule has 94 valence electrons. The Kier molecular flexibility index (Phi) is 3.78. The van der Waals surface area contributed by atoms with Crippen LogP contribution in [0.4, 0.5) is 5.82 Å². The van der Waals surface area contributed by atoms with Gasteiger partial charge in [-0.3, -0.25) is 0 Å². The smallest absolute Gasteiger partial charge is 0.222 e. The highest BCUT2D eigenvalue weighted by Crippen LogP contribution is 2.31. The zero-order valence-electron chi connectivity index (χ0n) is 10.6. The summed E-state index contributed by atoms with van der Waals surface area (Å²) in [5.41, 5.74) is 1.04. The van der Waals surface area contributed by atoms with Gasteiger partial charge in [-0.1, -0.05) is 13.8 Å².